The third kappa shape index (κ3) is 2.79. The molecule has 1 saturated heterocycles. The first kappa shape index (κ1) is 12.4. The van der Waals surface area contributed by atoms with E-state index in [1.807, 2.05) is 25.1 Å². The Morgan fingerprint density at radius 3 is 2.65 bits per heavy atom. The van der Waals surface area contributed by atoms with E-state index >= 15 is 0 Å². The normalized spacial score (nSPS) is 19.0. The lowest BCUT2D eigenvalue weighted by atomic mass is 9.87. The maximum Gasteiger partial charge on any atom is 0.121 e. The van der Waals surface area contributed by atoms with Crippen LogP contribution < -0.4 is 10.1 Å². The molecule has 2 N–H and O–H groups in total. The van der Waals surface area contributed by atoms with Crippen molar-refractivity contribution in [2.24, 2.45) is 5.92 Å². The smallest absolute Gasteiger partial charge is 0.121 e. The van der Waals surface area contributed by atoms with Gasteiger partial charge in [-0.25, -0.2) is 0 Å². The molecule has 3 heteroatoms. The molecule has 1 aliphatic heterocycles. The summed E-state index contributed by atoms with van der Waals surface area (Å²) >= 11 is 0. The van der Waals surface area contributed by atoms with Gasteiger partial charge >= 0.3 is 0 Å². The number of aryl methyl sites for hydroxylation is 1. The SMILES string of the molecule is COc1ccc(C(O)C2CCNCC2)cc1C. The van der Waals surface area contributed by atoms with E-state index in [1.54, 1.807) is 7.11 Å². The van der Waals surface area contributed by atoms with Crippen LogP contribution in [0, 0.1) is 12.8 Å². The molecule has 1 atom stereocenters. The van der Waals surface area contributed by atoms with Gasteiger partial charge in [0.1, 0.15) is 5.75 Å². The summed E-state index contributed by atoms with van der Waals surface area (Å²) in [6.07, 6.45) is 1.75. The molecule has 1 aromatic carbocycles. The second-order valence-electron chi connectivity index (χ2n) is 4.76. The van der Waals surface area contributed by atoms with Gasteiger partial charge in [0.05, 0.1) is 13.2 Å². The first-order valence-electron chi connectivity index (χ1n) is 6.25. The van der Waals surface area contributed by atoms with Crippen LogP contribution in [-0.4, -0.2) is 25.3 Å². The second-order valence-corrected chi connectivity index (χ2v) is 4.76. The van der Waals surface area contributed by atoms with Gasteiger partial charge in [-0.1, -0.05) is 6.07 Å². The van der Waals surface area contributed by atoms with Gasteiger partial charge in [0, 0.05) is 0 Å². The Hall–Kier alpha value is -1.06. The fraction of sp³-hybridized carbons (Fsp3) is 0.571. The zero-order chi connectivity index (χ0) is 12.3. The van der Waals surface area contributed by atoms with Crippen LogP contribution in [0.1, 0.15) is 30.1 Å². The second kappa shape index (κ2) is 5.52. The van der Waals surface area contributed by atoms with Crippen LogP contribution in [0.3, 0.4) is 0 Å². The van der Waals surface area contributed by atoms with E-state index in [2.05, 4.69) is 5.32 Å². The Balaban J connectivity index is 2.12. The molecule has 1 fully saturated rings. The van der Waals surface area contributed by atoms with E-state index in [4.69, 9.17) is 4.74 Å². The minimum atomic E-state index is -0.346. The number of nitrogens with one attached hydrogen (secondary N) is 1. The zero-order valence-electron chi connectivity index (χ0n) is 10.6. The summed E-state index contributed by atoms with van der Waals surface area (Å²) in [5.74, 6) is 1.26. The van der Waals surface area contributed by atoms with Gasteiger partial charge in [-0.3, -0.25) is 0 Å². The van der Waals surface area contributed by atoms with E-state index in [0.717, 1.165) is 42.8 Å². The number of piperidine rings is 1. The molecule has 17 heavy (non-hydrogen) atoms. The molecular formula is C14H21NO2. The summed E-state index contributed by atoms with van der Waals surface area (Å²) in [6, 6.07) is 5.94. The van der Waals surface area contributed by atoms with Gasteiger partial charge in [-0.15, -0.1) is 0 Å². The summed E-state index contributed by atoms with van der Waals surface area (Å²) in [5.41, 5.74) is 2.09. The van der Waals surface area contributed by atoms with Gasteiger partial charge in [-0.2, -0.15) is 0 Å². The Labute approximate surface area is 103 Å². The first-order valence-corrected chi connectivity index (χ1v) is 6.25. The lowest BCUT2D eigenvalue weighted by Gasteiger charge is -2.27. The average molecular weight is 235 g/mol. The Bertz CT molecular complexity index is 372. The number of rotatable bonds is 3. The van der Waals surface area contributed by atoms with E-state index in [1.165, 1.54) is 0 Å². The number of benzene rings is 1. The molecule has 0 aliphatic carbocycles. The number of aliphatic hydroxyl groups is 1. The van der Waals surface area contributed by atoms with Gasteiger partial charge in [0.25, 0.3) is 0 Å². The highest BCUT2D eigenvalue weighted by atomic mass is 16.5. The zero-order valence-corrected chi connectivity index (χ0v) is 10.6. The van der Waals surface area contributed by atoms with Crippen LogP contribution >= 0.6 is 0 Å². The number of ether oxygens (including phenoxy) is 1. The molecule has 0 amide bonds. The molecule has 0 aromatic heterocycles. The summed E-state index contributed by atoms with van der Waals surface area (Å²) in [5, 5.41) is 13.7. The first-order chi connectivity index (χ1) is 8.22. The van der Waals surface area contributed by atoms with E-state index < -0.39 is 0 Å². The van der Waals surface area contributed by atoms with Crippen molar-refractivity contribution in [1.29, 1.82) is 0 Å². The molecule has 94 valence electrons. The summed E-state index contributed by atoms with van der Waals surface area (Å²) in [4.78, 5) is 0. The third-order valence-corrected chi connectivity index (χ3v) is 3.59. The Morgan fingerprint density at radius 1 is 1.35 bits per heavy atom. The molecule has 1 unspecified atom stereocenters. The van der Waals surface area contributed by atoms with Crippen molar-refractivity contribution in [3.63, 3.8) is 0 Å². The van der Waals surface area contributed by atoms with Crippen LogP contribution in [0.15, 0.2) is 18.2 Å². The topological polar surface area (TPSA) is 41.5 Å². The number of hydrogen-bond donors (Lipinski definition) is 2. The fourth-order valence-electron chi connectivity index (χ4n) is 2.52. The van der Waals surface area contributed by atoms with E-state index in [0.29, 0.717) is 5.92 Å². The van der Waals surface area contributed by atoms with E-state index in [9.17, 15) is 5.11 Å². The molecule has 2 rings (SSSR count). The predicted molar refractivity (Wildman–Crippen MR) is 68.3 cm³/mol. The van der Waals surface area contributed by atoms with Crippen LogP contribution in [0.4, 0.5) is 0 Å². The van der Waals surface area contributed by atoms with Crippen molar-refractivity contribution in [2.45, 2.75) is 25.9 Å². The minimum Gasteiger partial charge on any atom is -0.496 e. The highest BCUT2D eigenvalue weighted by Gasteiger charge is 2.23. The molecule has 0 bridgehead atoms. The van der Waals surface area contributed by atoms with Gasteiger partial charge in [0.15, 0.2) is 0 Å². The Kier molecular flexibility index (Phi) is 4.02. The van der Waals surface area contributed by atoms with Crippen molar-refractivity contribution in [3.8, 4) is 5.75 Å². The van der Waals surface area contributed by atoms with Gasteiger partial charge in [0.2, 0.25) is 0 Å². The monoisotopic (exact) mass is 235 g/mol. The summed E-state index contributed by atoms with van der Waals surface area (Å²) in [6.45, 7) is 4.03. The number of methoxy groups -OCH3 is 1. The molecular weight excluding hydrogens is 214 g/mol. The maximum atomic E-state index is 10.4. The minimum absolute atomic E-state index is 0.346. The maximum absolute atomic E-state index is 10.4. The van der Waals surface area contributed by atoms with Crippen molar-refractivity contribution in [2.75, 3.05) is 20.2 Å². The molecule has 0 radical (unpaired) electrons. The Morgan fingerprint density at radius 2 is 2.06 bits per heavy atom. The largest absolute Gasteiger partial charge is 0.496 e. The lowest BCUT2D eigenvalue weighted by molar-refractivity contribution is 0.0888. The quantitative estimate of drug-likeness (QED) is 0.842. The highest BCUT2D eigenvalue weighted by Crippen LogP contribution is 2.31. The molecule has 0 saturated carbocycles. The molecule has 3 nitrogen and oxygen atoms in total. The van der Waals surface area contributed by atoms with Gasteiger partial charge in [-0.05, 0) is 62.0 Å². The summed E-state index contributed by atoms with van der Waals surface area (Å²) in [7, 11) is 1.67. The predicted octanol–water partition coefficient (Wildman–Crippen LogP) is 2.04. The molecule has 1 heterocycles. The van der Waals surface area contributed by atoms with Crippen molar-refractivity contribution in [3.05, 3.63) is 29.3 Å². The van der Waals surface area contributed by atoms with Crippen LogP contribution in [0.2, 0.25) is 0 Å². The number of aliphatic hydroxyl groups excluding tert-OH is 1. The molecule has 1 aliphatic rings. The van der Waals surface area contributed by atoms with Crippen molar-refractivity contribution >= 4 is 0 Å². The standard InChI is InChI=1S/C14H21NO2/c1-10-9-12(3-4-13(10)17-2)14(16)11-5-7-15-8-6-11/h3-4,9,11,14-16H,5-8H2,1-2H3. The number of hydrogen-bond acceptors (Lipinski definition) is 3. The van der Waals surface area contributed by atoms with Crippen LogP contribution in [0.5, 0.6) is 5.75 Å². The van der Waals surface area contributed by atoms with Crippen LogP contribution in [0.25, 0.3) is 0 Å². The third-order valence-electron chi connectivity index (χ3n) is 3.59. The molecule has 0 spiro atoms. The lowest BCUT2D eigenvalue weighted by Crippen LogP contribution is -2.30. The van der Waals surface area contributed by atoms with E-state index in [-0.39, 0.29) is 6.10 Å². The molecule has 1 aromatic rings. The van der Waals surface area contributed by atoms with Gasteiger partial charge < -0.3 is 15.2 Å². The van der Waals surface area contributed by atoms with Crippen molar-refractivity contribution in [1.82, 2.24) is 5.32 Å². The highest BCUT2D eigenvalue weighted by molar-refractivity contribution is 5.37. The average Bonchev–Trinajstić information content (AvgIpc) is 2.39. The summed E-state index contributed by atoms with van der Waals surface area (Å²) < 4.78 is 5.23. The van der Waals surface area contributed by atoms with Crippen LogP contribution in [-0.2, 0) is 0 Å². The van der Waals surface area contributed by atoms with Crippen molar-refractivity contribution < 1.29 is 9.84 Å². The fourth-order valence-corrected chi connectivity index (χ4v) is 2.52.